The summed E-state index contributed by atoms with van der Waals surface area (Å²) in [4.78, 5) is 25.4. The van der Waals surface area contributed by atoms with E-state index in [0.29, 0.717) is 28.2 Å². The predicted octanol–water partition coefficient (Wildman–Crippen LogP) is 5.66. The topological polar surface area (TPSA) is 88.5 Å². The fourth-order valence-electron chi connectivity index (χ4n) is 6.85. The van der Waals surface area contributed by atoms with Crippen LogP contribution in [0.1, 0.15) is 46.1 Å². The molecule has 212 valence electrons. The Kier molecular flexibility index (Phi) is 5.20. The highest BCUT2D eigenvalue weighted by Crippen LogP contribution is 2.88. The van der Waals surface area contributed by atoms with Crippen LogP contribution in [0.2, 0.25) is 0 Å². The lowest BCUT2D eigenvalue weighted by Crippen LogP contribution is -2.34. The molecule has 1 aromatic carbocycles. The van der Waals surface area contributed by atoms with Crippen molar-refractivity contribution in [2.24, 2.45) is 11.8 Å². The molecule has 3 unspecified atom stereocenters. The van der Waals surface area contributed by atoms with E-state index in [0.717, 1.165) is 11.5 Å². The van der Waals surface area contributed by atoms with E-state index in [4.69, 9.17) is 0 Å². The summed E-state index contributed by atoms with van der Waals surface area (Å²) < 4.78 is 70.7. The first-order valence-electron chi connectivity index (χ1n) is 13.5. The summed E-state index contributed by atoms with van der Waals surface area (Å²) in [6.07, 6.45) is 0.321. The van der Waals surface area contributed by atoms with Crippen molar-refractivity contribution in [3.63, 3.8) is 0 Å². The van der Waals surface area contributed by atoms with E-state index in [1.165, 1.54) is 16.8 Å². The molecule has 5 aromatic rings. The van der Waals surface area contributed by atoms with Crippen molar-refractivity contribution in [1.29, 1.82) is 0 Å². The fourth-order valence-corrected chi connectivity index (χ4v) is 6.85. The van der Waals surface area contributed by atoms with Crippen LogP contribution in [0.25, 0.3) is 22.2 Å². The number of hydrogen-bond acceptors (Lipinski definition) is 4. The molecule has 1 amide bonds. The zero-order chi connectivity index (χ0) is 28.9. The van der Waals surface area contributed by atoms with Crippen molar-refractivity contribution in [3.05, 3.63) is 101 Å². The van der Waals surface area contributed by atoms with Crippen LogP contribution in [-0.4, -0.2) is 30.6 Å². The number of alkyl halides is 3. The van der Waals surface area contributed by atoms with Crippen LogP contribution in [0, 0.1) is 23.5 Å². The molecule has 4 aliphatic rings. The third-order valence-electron chi connectivity index (χ3n) is 8.64. The molecule has 2 N–H and O–H groups in total. The summed E-state index contributed by atoms with van der Waals surface area (Å²) in [5.41, 5.74) is 2.56. The van der Waals surface area contributed by atoms with Crippen molar-refractivity contribution in [3.8, 4) is 11.1 Å². The van der Waals surface area contributed by atoms with Crippen LogP contribution in [0.15, 0.2) is 61.1 Å². The first kappa shape index (κ1) is 25.1. The zero-order valence-electron chi connectivity index (χ0n) is 21.7. The summed E-state index contributed by atoms with van der Waals surface area (Å²) in [7, 11) is 0. The monoisotopic (exact) mass is 576 g/mol. The summed E-state index contributed by atoms with van der Waals surface area (Å²) in [6, 6.07) is 9.51. The number of aromatic nitrogens is 5. The molecule has 4 heterocycles. The third kappa shape index (κ3) is 3.92. The Hall–Kier alpha value is -4.61. The van der Waals surface area contributed by atoms with Gasteiger partial charge >= 0.3 is 6.18 Å². The van der Waals surface area contributed by atoms with E-state index in [-0.39, 0.29) is 41.2 Å². The standard InChI is InChI=1S/C30H21F5N6O/c31-16-6-13(7-17(32)10-16)8-19(26-18(2-1-4-36-26)15-9-14-3-5-37-29(14)38-11-15)39-20(42)12-41-27-24-21-22(24)23(21)25(27)28(40-41)30(33,34)35/h1-7,9-11,19,21-24H,8,12H2,(H,37,38)(H,39,42). The van der Waals surface area contributed by atoms with E-state index >= 15 is 0 Å². The number of rotatable bonds is 7. The number of nitrogens with one attached hydrogen (secondary N) is 2. The lowest BCUT2D eigenvalue weighted by molar-refractivity contribution is -0.142. The lowest BCUT2D eigenvalue weighted by Gasteiger charge is -2.22. The maximum absolute atomic E-state index is 14.1. The van der Waals surface area contributed by atoms with E-state index in [1.54, 1.807) is 30.7 Å². The van der Waals surface area contributed by atoms with Gasteiger partial charge in [-0.05, 0) is 60.1 Å². The predicted molar refractivity (Wildman–Crippen MR) is 140 cm³/mol. The van der Waals surface area contributed by atoms with Gasteiger partial charge in [-0.1, -0.05) is 6.07 Å². The second-order valence-corrected chi connectivity index (χ2v) is 11.2. The molecule has 0 aliphatic heterocycles. The third-order valence-corrected chi connectivity index (χ3v) is 8.64. The Morgan fingerprint density at radius 1 is 1.05 bits per heavy atom. The van der Waals surface area contributed by atoms with Crippen molar-refractivity contribution < 1.29 is 26.7 Å². The largest absolute Gasteiger partial charge is 0.435 e. The highest BCUT2D eigenvalue weighted by atomic mass is 19.4. The van der Waals surface area contributed by atoms with Gasteiger partial charge in [-0.3, -0.25) is 14.5 Å². The van der Waals surface area contributed by atoms with Gasteiger partial charge in [0, 0.05) is 58.3 Å². The van der Waals surface area contributed by atoms with Crippen molar-refractivity contribution >= 4 is 16.9 Å². The molecule has 4 aromatic heterocycles. The van der Waals surface area contributed by atoms with Gasteiger partial charge in [-0.25, -0.2) is 13.8 Å². The molecular weight excluding hydrogens is 555 g/mol. The Labute approximate surface area is 234 Å². The highest BCUT2D eigenvalue weighted by Gasteiger charge is 2.82. The first-order valence-corrected chi connectivity index (χ1v) is 13.5. The van der Waals surface area contributed by atoms with Gasteiger partial charge in [0.2, 0.25) is 5.91 Å². The number of aromatic amines is 1. The summed E-state index contributed by atoms with van der Waals surface area (Å²) in [6.45, 7) is -0.423. The number of nitrogens with zero attached hydrogens (tertiary/aromatic N) is 4. The van der Waals surface area contributed by atoms with Crippen molar-refractivity contribution in [1.82, 2.24) is 30.0 Å². The van der Waals surface area contributed by atoms with Gasteiger partial charge in [0.25, 0.3) is 0 Å². The van der Waals surface area contributed by atoms with Crippen LogP contribution in [0.5, 0.6) is 0 Å². The normalized spacial score (nSPS) is 22.1. The average molecular weight is 577 g/mol. The van der Waals surface area contributed by atoms with Crippen molar-refractivity contribution in [2.45, 2.75) is 37.0 Å². The Morgan fingerprint density at radius 3 is 2.60 bits per heavy atom. The molecule has 7 nitrogen and oxygen atoms in total. The number of fused-ring (bicyclic) bond motifs is 1. The second kappa shape index (κ2) is 8.70. The number of H-pyrrole nitrogens is 1. The molecule has 2 saturated carbocycles. The van der Waals surface area contributed by atoms with Crippen LogP contribution in [0.3, 0.4) is 0 Å². The molecule has 2 fully saturated rings. The van der Waals surface area contributed by atoms with Crippen LogP contribution in [0.4, 0.5) is 22.0 Å². The minimum atomic E-state index is -4.61. The molecule has 3 atom stereocenters. The number of benzene rings is 1. The number of amides is 1. The molecule has 0 spiro atoms. The van der Waals surface area contributed by atoms with Gasteiger partial charge in [-0.2, -0.15) is 18.3 Å². The van der Waals surface area contributed by atoms with Gasteiger partial charge in [-0.15, -0.1) is 0 Å². The van der Waals surface area contributed by atoms with Gasteiger partial charge < -0.3 is 10.3 Å². The molecule has 42 heavy (non-hydrogen) atoms. The molecular formula is C30H21F5N6O. The van der Waals surface area contributed by atoms with Crippen LogP contribution < -0.4 is 5.32 Å². The summed E-state index contributed by atoms with van der Waals surface area (Å²) >= 11 is 0. The van der Waals surface area contributed by atoms with Crippen molar-refractivity contribution in [2.75, 3.05) is 0 Å². The summed E-state index contributed by atoms with van der Waals surface area (Å²) in [5, 5.41) is 7.54. The van der Waals surface area contributed by atoms with Gasteiger partial charge in [0.05, 0.1) is 11.7 Å². The number of carbonyl (C=O) groups excluding carboxylic acids is 1. The van der Waals surface area contributed by atoms with E-state index in [9.17, 15) is 26.7 Å². The minimum absolute atomic E-state index is 0.0237. The van der Waals surface area contributed by atoms with Crippen LogP contribution >= 0.6 is 0 Å². The first-order chi connectivity index (χ1) is 20.2. The molecule has 0 radical (unpaired) electrons. The van der Waals surface area contributed by atoms with E-state index in [1.807, 2.05) is 12.1 Å². The SMILES string of the molecule is O=C(Cn1nc(C(F)(F)F)c2c1C1C3C2C13)NC(Cc1cc(F)cc(F)c1)c1ncccc1-c1cnc2[nH]ccc2c1. The average Bonchev–Trinajstić information content (AvgIpc) is 3.52. The molecule has 0 saturated heterocycles. The maximum atomic E-state index is 14.1. The van der Waals surface area contributed by atoms with Gasteiger partial charge in [0.1, 0.15) is 23.8 Å². The second-order valence-electron chi connectivity index (χ2n) is 11.2. The number of carbonyl (C=O) groups is 1. The number of hydrogen-bond donors (Lipinski definition) is 2. The zero-order valence-corrected chi connectivity index (χ0v) is 21.7. The molecule has 9 rings (SSSR count). The molecule has 2 bridgehead atoms. The fraction of sp³-hybridized carbons (Fsp3) is 0.267. The Bertz CT molecular complexity index is 1880. The minimum Gasteiger partial charge on any atom is -0.346 e. The smallest absolute Gasteiger partial charge is 0.346 e. The Morgan fingerprint density at radius 2 is 1.83 bits per heavy atom. The highest BCUT2D eigenvalue weighted by molar-refractivity contribution is 5.82. The lowest BCUT2D eigenvalue weighted by atomic mass is 9.95. The Balaban J connectivity index is 1.14. The maximum Gasteiger partial charge on any atom is 0.435 e. The molecule has 12 heteroatoms. The summed E-state index contributed by atoms with van der Waals surface area (Å²) in [5.74, 6) is -1.72. The van der Waals surface area contributed by atoms with Crippen LogP contribution in [-0.2, 0) is 23.9 Å². The van der Waals surface area contributed by atoms with E-state index < -0.39 is 42.0 Å². The quantitative estimate of drug-likeness (QED) is 0.245. The molecule has 4 aliphatic carbocycles. The number of halogens is 5. The van der Waals surface area contributed by atoms with Gasteiger partial charge in [0.15, 0.2) is 5.69 Å². The number of pyridine rings is 2. The van der Waals surface area contributed by atoms with E-state index in [2.05, 4.69) is 25.4 Å².